The van der Waals surface area contributed by atoms with Gasteiger partial charge in [0.1, 0.15) is 11.3 Å². The SMILES string of the molecule is c1ccc(-n2c3cc(-n4c5ccccc5c5ccc(-c6nc7ccccc7o6)cc54)ccc3c3ccc4ccccc4c32)nc1. The molecule has 4 heterocycles. The molecule has 4 aromatic heterocycles. The van der Waals surface area contributed by atoms with Crippen LogP contribution in [0, 0.1) is 0 Å². The molecule has 0 amide bonds. The molecule has 0 fully saturated rings. The van der Waals surface area contributed by atoms with E-state index in [0.29, 0.717) is 5.89 Å². The minimum atomic E-state index is 0.618. The summed E-state index contributed by atoms with van der Waals surface area (Å²) in [6.45, 7) is 0. The summed E-state index contributed by atoms with van der Waals surface area (Å²) in [4.78, 5) is 9.62. The molecule has 10 rings (SSSR count). The summed E-state index contributed by atoms with van der Waals surface area (Å²) in [5, 5.41) is 7.20. The van der Waals surface area contributed by atoms with Crippen molar-refractivity contribution in [3.05, 3.63) is 146 Å². The molecular formula is C40H24N4O. The summed E-state index contributed by atoms with van der Waals surface area (Å²) in [6.07, 6.45) is 1.86. The molecule has 0 saturated heterocycles. The van der Waals surface area contributed by atoms with Gasteiger partial charge in [0.15, 0.2) is 5.58 Å². The van der Waals surface area contributed by atoms with Crippen molar-refractivity contribution in [3.8, 4) is 23.0 Å². The van der Waals surface area contributed by atoms with Crippen LogP contribution >= 0.6 is 0 Å². The first-order valence-electron chi connectivity index (χ1n) is 15.1. The van der Waals surface area contributed by atoms with E-state index in [1.54, 1.807) is 0 Å². The van der Waals surface area contributed by atoms with Crippen molar-refractivity contribution < 1.29 is 4.42 Å². The van der Waals surface area contributed by atoms with E-state index in [1.165, 1.54) is 37.8 Å². The summed E-state index contributed by atoms with van der Waals surface area (Å²) < 4.78 is 10.9. The minimum absolute atomic E-state index is 0.618. The number of rotatable bonds is 3. The molecule has 10 aromatic rings. The molecule has 6 aromatic carbocycles. The Morgan fingerprint density at radius 2 is 1.24 bits per heavy atom. The van der Waals surface area contributed by atoms with Crippen LogP contribution in [-0.4, -0.2) is 19.1 Å². The number of nitrogens with zero attached hydrogens (tertiary/aromatic N) is 4. The number of benzene rings is 6. The molecule has 0 atom stereocenters. The zero-order valence-electron chi connectivity index (χ0n) is 24.1. The van der Waals surface area contributed by atoms with Crippen molar-refractivity contribution >= 4 is 65.5 Å². The topological polar surface area (TPSA) is 48.8 Å². The second-order valence-electron chi connectivity index (χ2n) is 11.5. The molecule has 5 heteroatoms. The molecule has 0 unspecified atom stereocenters. The van der Waals surface area contributed by atoms with Gasteiger partial charge >= 0.3 is 0 Å². The van der Waals surface area contributed by atoms with Gasteiger partial charge in [0, 0.05) is 44.4 Å². The summed E-state index contributed by atoms with van der Waals surface area (Å²) >= 11 is 0. The van der Waals surface area contributed by atoms with Crippen LogP contribution in [-0.2, 0) is 0 Å². The molecule has 0 aliphatic rings. The fourth-order valence-corrected chi connectivity index (χ4v) is 7.01. The molecular weight excluding hydrogens is 552 g/mol. The van der Waals surface area contributed by atoms with Gasteiger partial charge in [-0.3, -0.25) is 4.57 Å². The highest BCUT2D eigenvalue weighted by molar-refractivity contribution is 6.19. The first-order chi connectivity index (χ1) is 22.3. The van der Waals surface area contributed by atoms with Crippen molar-refractivity contribution in [2.45, 2.75) is 0 Å². The molecule has 0 aliphatic carbocycles. The van der Waals surface area contributed by atoms with Crippen LogP contribution in [0.2, 0.25) is 0 Å². The molecule has 210 valence electrons. The number of para-hydroxylation sites is 3. The predicted molar refractivity (Wildman–Crippen MR) is 183 cm³/mol. The van der Waals surface area contributed by atoms with Crippen LogP contribution in [0.4, 0.5) is 0 Å². The number of fused-ring (bicyclic) bond motifs is 9. The molecule has 0 bridgehead atoms. The lowest BCUT2D eigenvalue weighted by Crippen LogP contribution is -1.99. The third kappa shape index (κ3) is 3.49. The van der Waals surface area contributed by atoms with Crippen LogP contribution < -0.4 is 0 Å². The first kappa shape index (κ1) is 24.3. The van der Waals surface area contributed by atoms with Gasteiger partial charge in [0.05, 0.1) is 22.1 Å². The second kappa shape index (κ2) is 9.15. The predicted octanol–water partition coefficient (Wildman–Crippen LogP) is 10.2. The summed E-state index contributed by atoms with van der Waals surface area (Å²) in [7, 11) is 0. The maximum Gasteiger partial charge on any atom is 0.227 e. The van der Waals surface area contributed by atoms with Crippen LogP contribution in [0.3, 0.4) is 0 Å². The zero-order chi connectivity index (χ0) is 29.5. The van der Waals surface area contributed by atoms with Gasteiger partial charge < -0.3 is 8.98 Å². The van der Waals surface area contributed by atoms with E-state index in [9.17, 15) is 0 Å². The number of hydrogen-bond donors (Lipinski definition) is 0. The van der Waals surface area contributed by atoms with Gasteiger partial charge in [-0.1, -0.05) is 84.9 Å². The van der Waals surface area contributed by atoms with Crippen LogP contribution in [0.5, 0.6) is 0 Å². The summed E-state index contributed by atoms with van der Waals surface area (Å²) in [5.41, 5.74) is 8.18. The molecule has 0 aliphatic heterocycles. The Kier molecular flexibility index (Phi) is 4.93. The van der Waals surface area contributed by atoms with Crippen LogP contribution in [0.15, 0.2) is 150 Å². The molecule has 0 N–H and O–H groups in total. The van der Waals surface area contributed by atoms with Gasteiger partial charge in [0.2, 0.25) is 5.89 Å². The normalized spacial score (nSPS) is 12.0. The minimum Gasteiger partial charge on any atom is -0.436 e. The average molecular weight is 577 g/mol. The quantitative estimate of drug-likeness (QED) is 0.210. The number of pyridine rings is 1. The number of aromatic nitrogens is 4. The van der Waals surface area contributed by atoms with Gasteiger partial charge in [-0.15, -0.1) is 0 Å². The Balaban J connectivity index is 1.29. The van der Waals surface area contributed by atoms with E-state index < -0.39 is 0 Å². The van der Waals surface area contributed by atoms with Crippen molar-refractivity contribution in [3.63, 3.8) is 0 Å². The fourth-order valence-electron chi connectivity index (χ4n) is 7.01. The molecule has 45 heavy (non-hydrogen) atoms. The Hall–Kier alpha value is -6.20. The summed E-state index contributed by atoms with van der Waals surface area (Å²) in [5.74, 6) is 1.51. The first-order valence-corrected chi connectivity index (χ1v) is 15.1. The van der Waals surface area contributed by atoms with Gasteiger partial charge in [0.25, 0.3) is 0 Å². The average Bonchev–Trinajstić information content (AvgIpc) is 3.78. The fraction of sp³-hybridized carbons (Fsp3) is 0. The monoisotopic (exact) mass is 576 g/mol. The van der Waals surface area contributed by atoms with Crippen molar-refractivity contribution in [2.24, 2.45) is 0 Å². The van der Waals surface area contributed by atoms with Gasteiger partial charge in [-0.05, 0) is 60.0 Å². The lowest BCUT2D eigenvalue weighted by molar-refractivity contribution is 0.620. The van der Waals surface area contributed by atoms with Crippen molar-refractivity contribution in [2.75, 3.05) is 0 Å². The Morgan fingerprint density at radius 1 is 0.511 bits per heavy atom. The van der Waals surface area contributed by atoms with E-state index in [1.807, 2.05) is 36.5 Å². The number of oxazole rings is 1. The van der Waals surface area contributed by atoms with Crippen molar-refractivity contribution in [1.29, 1.82) is 0 Å². The third-order valence-corrected chi connectivity index (χ3v) is 8.99. The highest BCUT2D eigenvalue weighted by Gasteiger charge is 2.19. The van der Waals surface area contributed by atoms with E-state index in [0.717, 1.165) is 44.7 Å². The second-order valence-corrected chi connectivity index (χ2v) is 11.5. The Bertz CT molecular complexity index is 2730. The van der Waals surface area contributed by atoms with E-state index >= 15 is 0 Å². The lowest BCUT2D eigenvalue weighted by Gasteiger charge is -2.11. The van der Waals surface area contributed by atoms with Crippen molar-refractivity contribution in [1.82, 2.24) is 19.1 Å². The Morgan fingerprint density at radius 3 is 2.16 bits per heavy atom. The lowest BCUT2D eigenvalue weighted by atomic mass is 10.1. The van der Waals surface area contributed by atoms with Gasteiger partial charge in [-0.25, -0.2) is 9.97 Å². The third-order valence-electron chi connectivity index (χ3n) is 8.99. The smallest absolute Gasteiger partial charge is 0.227 e. The molecule has 0 saturated carbocycles. The van der Waals surface area contributed by atoms with E-state index in [2.05, 4.69) is 118 Å². The van der Waals surface area contributed by atoms with Crippen LogP contribution in [0.25, 0.3) is 88.4 Å². The maximum atomic E-state index is 6.18. The largest absolute Gasteiger partial charge is 0.436 e. The van der Waals surface area contributed by atoms with Gasteiger partial charge in [-0.2, -0.15) is 0 Å². The molecule has 5 nitrogen and oxygen atoms in total. The Labute approximate surface area is 257 Å². The zero-order valence-corrected chi connectivity index (χ0v) is 24.1. The van der Waals surface area contributed by atoms with E-state index in [-0.39, 0.29) is 0 Å². The highest BCUT2D eigenvalue weighted by Crippen LogP contribution is 2.39. The maximum absolute atomic E-state index is 6.18. The molecule has 0 spiro atoms. The number of hydrogen-bond acceptors (Lipinski definition) is 3. The highest BCUT2D eigenvalue weighted by atomic mass is 16.3. The van der Waals surface area contributed by atoms with E-state index in [4.69, 9.17) is 14.4 Å². The van der Waals surface area contributed by atoms with Crippen LogP contribution in [0.1, 0.15) is 0 Å². The molecule has 0 radical (unpaired) electrons. The standard InChI is InChI=1S/C40H24N4O/c1-2-10-28-25(9-1)16-20-32-31-21-18-27(24-36(31)44(39(28)32)38-15-7-8-22-41-38)43-34-13-5-3-11-29(34)30-19-17-26(23-35(30)43)40-42-33-12-4-6-14-37(33)45-40/h1-24H. The summed E-state index contributed by atoms with van der Waals surface area (Å²) in [6, 6.07) is 48.9.